The molecule has 2 heteroatoms. The molecule has 0 spiro atoms. The van der Waals surface area contributed by atoms with Crippen LogP contribution in [0.5, 0.6) is 0 Å². The number of aliphatic imine (C=N–C) groups is 1. The van der Waals surface area contributed by atoms with Crippen LogP contribution >= 0.6 is 15.9 Å². The molecule has 0 aromatic carbocycles. The van der Waals surface area contributed by atoms with Crippen molar-refractivity contribution in [2.24, 2.45) is 10.9 Å². The van der Waals surface area contributed by atoms with Crippen molar-refractivity contribution in [3.8, 4) is 0 Å². The van der Waals surface area contributed by atoms with E-state index in [-0.39, 0.29) is 0 Å². The number of rotatable bonds is 3. The van der Waals surface area contributed by atoms with Gasteiger partial charge in [-0.05, 0) is 48.5 Å². The summed E-state index contributed by atoms with van der Waals surface area (Å²) in [5, 5.41) is 0. The van der Waals surface area contributed by atoms with Gasteiger partial charge in [0.2, 0.25) is 0 Å². The molecule has 1 fully saturated rings. The van der Waals surface area contributed by atoms with Crippen LogP contribution in [0.1, 0.15) is 26.7 Å². The molecular formula is C10H14BrN. The van der Waals surface area contributed by atoms with Crippen molar-refractivity contribution in [2.45, 2.75) is 26.7 Å². The predicted molar refractivity (Wildman–Crippen MR) is 57.7 cm³/mol. The van der Waals surface area contributed by atoms with E-state index in [1.807, 2.05) is 6.92 Å². The van der Waals surface area contributed by atoms with Gasteiger partial charge >= 0.3 is 0 Å². The fraction of sp³-hybridized carbons (Fsp3) is 0.500. The zero-order chi connectivity index (χ0) is 9.14. The van der Waals surface area contributed by atoms with Crippen LogP contribution in [0, 0.1) is 5.92 Å². The average molecular weight is 228 g/mol. The number of halogens is 1. The number of hydrogen-bond donors (Lipinski definition) is 0. The van der Waals surface area contributed by atoms with E-state index in [1.165, 1.54) is 18.4 Å². The van der Waals surface area contributed by atoms with Crippen LogP contribution < -0.4 is 0 Å². The molecule has 0 atom stereocenters. The number of allylic oxidation sites excluding steroid dienone is 2. The Balaban J connectivity index is 2.78. The van der Waals surface area contributed by atoms with E-state index in [0.29, 0.717) is 0 Å². The normalized spacial score (nSPS) is 20.4. The molecule has 0 aromatic rings. The lowest BCUT2D eigenvalue weighted by atomic mass is 10.1. The van der Waals surface area contributed by atoms with Crippen molar-refractivity contribution in [2.75, 3.05) is 0 Å². The maximum absolute atomic E-state index is 4.13. The van der Waals surface area contributed by atoms with Gasteiger partial charge in [-0.3, -0.25) is 4.99 Å². The highest BCUT2D eigenvalue weighted by Crippen LogP contribution is 2.39. The monoisotopic (exact) mass is 227 g/mol. The first-order valence-corrected chi connectivity index (χ1v) is 4.98. The van der Waals surface area contributed by atoms with Gasteiger partial charge in [0.15, 0.2) is 0 Å². The third kappa shape index (κ3) is 2.31. The van der Waals surface area contributed by atoms with Crippen molar-refractivity contribution < 1.29 is 0 Å². The second kappa shape index (κ2) is 4.04. The van der Waals surface area contributed by atoms with Gasteiger partial charge in [-0.2, -0.15) is 0 Å². The fourth-order valence-corrected chi connectivity index (χ4v) is 1.60. The molecule has 0 N–H and O–H groups in total. The zero-order valence-electron chi connectivity index (χ0n) is 7.60. The molecule has 12 heavy (non-hydrogen) atoms. The Labute approximate surface area is 82.4 Å². The number of nitrogens with zero attached hydrogens (tertiary/aromatic N) is 1. The Bertz CT molecular complexity index is 247. The van der Waals surface area contributed by atoms with Crippen molar-refractivity contribution in [3.63, 3.8) is 0 Å². The van der Waals surface area contributed by atoms with Gasteiger partial charge in [-0.1, -0.05) is 12.2 Å². The molecule has 66 valence electrons. The van der Waals surface area contributed by atoms with Crippen molar-refractivity contribution >= 4 is 21.6 Å². The molecule has 0 aliphatic heterocycles. The Morgan fingerprint density at radius 2 is 2.08 bits per heavy atom. The van der Waals surface area contributed by atoms with Crippen LogP contribution in [0.4, 0.5) is 0 Å². The third-order valence-corrected chi connectivity index (χ3v) is 3.34. The van der Waals surface area contributed by atoms with Crippen LogP contribution in [-0.4, -0.2) is 5.71 Å². The molecule has 1 aliphatic rings. The van der Waals surface area contributed by atoms with E-state index in [1.54, 1.807) is 6.20 Å². The third-order valence-electron chi connectivity index (χ3n) is 2.14. The summed E-state index contributed by atoms with van der Waals surface area (Å²) in [7, 11) is 0. The van der Waals surface area contributed by atoms with E-state index in [0.717, 1.165) is 16.1 Å². The molecule has 1 rings (SSSR count). The summed E-state index contributed by atoms with van der Waals surface area (Å²) in [5.74, 6) is 0.800. The largest absolute Gasteiger partial charge is 0.261 e. The van der Waals surface area contributed by atoms with Gasteiger partial charge < -0.3 is 0 Å². The SMILES string of the molecule is C=C/N=C(C)\C(Br)=C(/C)C1CC1. The summed E-state index contributed by atoms with van der Waals surface area (Å²) in [6, 6.07) is 0. The lowest BCUT2D eigenvalue weighted by Gasteiger charge is -2.02. The molecule has 0 heterocycles. The van der Waals surface area contributed by atoms with Crippen LogP contribution in [-0.2, 0) is 0 Å². The van der Waals surface area contributed by atoms with Crippen molar-refractivity contribution in [3.05, 3.63) is 22.8 Å². The molecule has 0 radical (unpaired) electrons. The Kier molecular flexibility index (Phi) is 3.27. The fourth-order valence-electron chi connectivity index (χ4n) is 1.17. The second-order valence-electron chi connectivity index (χ2n) is 3.17. The number of hydrogen-bond acceptors (Lipinski definition) is 1. The van der Waals surface area contributed by atoms with Gasteiger partial charge in [0.25, 0.3) is 0 Å². The molecule has 0 amide bonds. The molecule has 0 bridgehead atoms. The average Bonchev–Trinajstić information content (AvgIpc) is 2.84. The van der Waals surface area contributed by atoms with Gasteiger partial charge in [0.1, 0.15) is 0 Å². The minimum Gasteiger partial charge on any atom is -0.261 e. The van der Waals surface area contributed by atoms with Crippen LogP contribution in [0.15, 0.2) is 27.8 Å². The first kappa shape index (κ1) is 9.72. The van der Waals surface area contributed by atoms with Crippen molar-refractivity contribution in [1.29, 1.82) is 0 Å². The quantitative estimate of drug-likeness (QED) is 0.653. The van der Waals surface area contributed by atoms with E-state index in [4.69, 9.17) is 0 Å². The molecule has 1 saturated carbocycles. The summed E-state index contributed by atoms with van der Waals surface area (Å²) < 4.78 is 1.16. The maximum atomic E-state index is 4.13. The van der Waals surface area contributed by atoms with Crippen LogP contribution in [0.25, 0.3) is 0 Å². The molecule has 0 unspecified atom stereocenters. The standard InChI is InChI=1S/C10H14BrN/c1-4-12-8(3)10(11)7(2)9-5-6-9/h4,9H,1,5-6H2,2-3H3/b10-7-,12-8-. The Morgan fingerprint density at radius 1 is 1.50 bits per heavy atom. The predicted octanol–water partition coefficient (Wildman–Crippen LogP) is 3.67. The summed E-state index contributed by atoms with van der Waals surface area (Å²) in [6.07, 6.45) is 4.25. The van der Waals surface area contributed by atoms with Gasteiger partial charge in [0, 0.05) is 10.7 Å². The van der Waals surface area contributed by atoms with Crippen molar-refractivity contribution in [1.82, 2.24) is 0 Å². The maximum Gasteiger partial charge on any atom is 0.0513 e. The van der Waals surface area contributed by atoms with E-state index >= 15 is 0 Å². The first-order chi connectivity index (χ1) is 5.66. The van der Waals surface area contributed by atoms with Gasteiger partial charge in [-0.25, -0.2) is 0 Å². The topological polar surface area (TPSA) is 12.4 Å². The first-order valence-electron chi connectivity index (χ1n) is 4.18. The minimum atomic E-state index is 0.800. The van der Waals surface area contributed by atoms with Crippen LogP contribution in [0.3, 0.4) is 0 Å². The van der Waals surface area contributed by atoms with Gasteiger partial charge in [0.05, 0.1) is 5.71 Å². The summed E-state index contributed by atoms with van der Waals surface area (Å²) in [5.41, 5.74) is 2.45. The molecule has 1 nitrogen and oxygen atoms in total. The second-order valence-corrected chi connectivity index (χ2v) is 3.96. The molecular weight excluding hydrogens is 214 g/mol. The minimum absolute atomic E-state index is 0.800. The zero-order valence-corrected chi connectivity index (χ0v) is 9.19. The summed E-state index contributed by atoms with van der Waals surface area (Å²) in [4.78, 5) is 4.13. The van der Waals surface area contributed by atoms with E-state index in [2.05, 4.69) is 34.4 Å². The summed E-state index contributed by atoms with van der Waals surface area (Å²) in [6.45, 7) is 7.74. The lowest BCUT2D eigenvalue weighted by Crippen LogP contribution is -1.94. The molecule has 1 aliphatic carbocycles. The Hall–Kier alpha value is -0.370. The highest BCUT2D eigenvalue weighted by Gasteiger charge is 2.25. The lowest BCUT2D eigenvalue weighted by molar-refractivity contribution is 1.01. The highest BCUT2D eigenvalue weighted by molar-refractivity contribution is 9.12. The van der Waals surface area contributed by atoms with E-state index in [9.17, 15) is 0 Å². The van der Waals surface area contributed by atoms with Gasteiger partial charge in [-0.15, -0.1) is 0 Å². The Morgan fingerprint density at radius 3 is 2.50 bits per heavy atom. The van der Waals surface area contributed by atoms with E-state index < -0.39 is 0 Å². The highest BCUT2D eigenvalue weighted by atomic mass is 79.9. The molecule has 0 saturated heterocycles. The molecule has 0 aromatic heterocycles. The van der Waals surface area contributed by atoms with Crippen LogP contribution in [0.2, 0.25) is 0 Å². The smallest absolute Gasteiger partial charge is 0.0513 e. The summed E-state index contributed by atoms with van der Waals surface area (Å²) >= 11 is 3.55.